The number of benzene rings is 2. The largest absolute Gasteiger partial charge is 0.497 e. The molecule has 28 heavy (non-hydrogen) atoms. The highest BCUT2D eigenvalue weighted by molar-refractivity contribution is 5.91. The molecule has 0 radical (unpaired) electrons. The minimum atomic E-state index is -0.0825. The maximum atomic E-state index is 12.3. The van der Waals surface area contributed by atoms with Crippen LogP contribution in [0.1, 0.15) is 17.8 Å². The Kier molecular flexibility index (Phi) is 6.23. The van der Waals surface area contributed by atoms with Crippen molar-refractivity contribution in [3.63, 3.8) is 0 Å². The Labute approximate surface area is 163 Å². The maximum absolute atomic E-state index is 12.3. The molecule has 0 saturated heterocycles. The molecule has 0 aliphatic rings. The number of H-pyrrole nitrogens is 1. The monoisotopic (exact) mass is 381 g/mol. The molecule has 0 aliphatic carbocycles. The van der Waals surface area contributed by atoms with Crippen LogP contribution in [0.4, 0.5) is 5.69 Å². The van der Waals surface area contributed by atoms with Crippen LogP contribution in [0.3, 0.4) is 0 Å². The molecule has 1 amide bonds. The summed E-state index contributed by atoms with van der Waals surface area (Å²) >= 11 is 0. The van der Waals surface area contributed by atoms with Crippen molar-refractivity contribution < 1.29 is 14.3 Å². The number of amides is 1. The lowest BCUT2D eigenvalue weighted by Crippen LogP contribution is -2.12. The summed E-state index contributed by atoms with van der Waals surface area (Å²) in [5, 5.41) is 9.78. The zero-order valence-corrected chi connectivity index (χ0v) is 15.9. The molecule has 0 fully saturated rings. The third kappa shape index (κ3) is 4.66. The van der Waals surface area contributed by atoms with Gasteiger partial charge in [0.15, 0.2) is 5.82 Å². The fraction of sp³-hybridized carbons (Fsp3) is 0.250. The molecular weight excluding hydrogens is 358 g/mol. The number of nitrogens with one attached hydrogen (secondary N) is 2. The molecule has 3 rings (SSSR count). The van der Waals surface area contributed by atoms with E-state index < -0.39 is 0 Å². The molecule has 2 aromatic carbocycles. The smallest absolute Gasteiger partial charge is 0.224 e. The highest BCUT2D eigenvalue weighted by Crippen LogP contribution is 2.25. The number of aromatic nitrogens is 3. The number of carbonyl (C=O) groups is 1. The van der Waals surface area contributed by atoms with Crippen LogP contribution in [0.2, 0.25) is 0 Å². The van der Waals surface area contributed by atoms with Crippen LogP contribution in [-0.4, -0.2) is 35.3 Å². The van der Waals surface area contributed by atoms with Gasteiger partial charge in [0.25, 0.3) is 0 Å². The Morgan fingerprint density at radius 2 is 1.93 bits per heavy atom. The summed E-state index contributed by atoms with van der Waals surface area (Å²) < 4.78 is 10.6. The van der Waals surface area contributed by atoms with Crippen LogP contribution in [0, 0.1) is 0 Å². The van der Waals surface area contributed by atoms with Gasteiger partial charge >= 0.3 is 0 Å². The number of nitrogens with two attached hydrogens (primary N) is 1. The quantitative estimate of drug-likeness (QED) is 0.552. The van der Waals surface area contributed by atoms with Crippen LogP contribution < -0.4 is 20.5 Å². The van der Waals surface area contributed by atoms with Crippen LogP contribution in [-0.2, 0) is 17.8 Å². The lowest BCUT2D eigenvalue weighted by Gasteiger charge is -2.11. The average molecular weight is 381 g/mol. The number of rotatable bonds is 8. The zero-order valence-electron chi connectivity index (χ0n) is 15.9. The van der Waals surface area contributed by atoms with Gasteiger partial charge in [-0.05, 0) is 54.4 Å². The number of hydrogen-bond acceptors (Lipinski definition) is 6. The number of aryl methyl sites for hydroxylation is 1. The van der Waals surface area contributed by atoms with Crippen molar-refractivity contribution in [3.05, 3.63) is 53.9 Å². The molecule has 0 spiro atoms. The van der Waals surface area contributed by atoms with Crippen molar-refractivity contribution in [1.82, 2.24) is 15.2 Å². The first-order valence-corrected chi connectivity index (χ1v) is 8.85. The third-order valence-corrected chi connectivity index (χ3v) is 4.26. The first-order valence-electron chi connectivity index (χ1n) is 8.85. The third-order valence-electron chi connectivity index (χ3n) is 4.26. The highest BCUT2D eigenvalue weighted by atomic mass is 16.5. The number of nitrogens with zero attached hydrogens (tertiary/aromatic N) is 2. The molecule has 3 aromatic rings. The Hall–Kier alpha value is -3.39. The summed E-state index contributed by atoms with van der Waals surface area (Å²) in [7, 11) is 3.22. The van der Waals surface area contributed by atoms with Gasteiger partial charge in [0.1, 0.15) is 17.3 Å². The van der Waals surface area contributed by atoms with Gasteiger partial charge in [0, 0.05) is 17.7 Å². The number of carbonyl (C=O) groups excluding carboxylic acids is 1. The van der Waals surface area contributed by atoms with Crippen LogP contribution in [0.5, 0.6) is 11.5 Å². The first kappa shape index (κ1) is 19.4. The number of ether oxygens (including phenoxy) is 2. The van der Waals surface area contributed by atoms with Gasteiger partial charge in [-0.1, -0.05) is 0 Å². The molecule has 0 bridgehead atoms. The van der Waals surface area contributed by atoms with Gasteiger partial charge < -0.3 is 20.5 Å². The fourth-order valence-corrected chi connectivity index (χ4v) is 2.77. The lowest BCUT2D eigenvalue weighted by atomic mass is 10.1. The summed E-state index contributed by atoms with van der Waals surface area (Å²) in [6.07, 6.45) is 0.870. The standard InChI is InChI=1S/C20H23N5O3/c1-27-16-8-9-17(28-2)14(11-16)5-10-19(26)22-15-6-3-13(4-7-15)20-23-18(12-21)24-25-20/h3-4,6-9,11H,5,10,12,21H2,1-2H3,(H,22,26)(H,23,24,25). The molecule has 0 atom stereocenters. The number of anilines is 1. The van der Waals surface area contributed by atoms with Crippen molar-refractivity contribution in [2.75, 3.05) is 19.5 Å². The maximum Gasteiger partial charge on any atom is 0.224 e. The summed E-state index contributed by atoms with van der Waals surface area (Å²) in [5.41, 5.74) is 8.00. The van der Waals surface area contributed by atoms with Gasteiger partial charge in [0.2, 0.25) is 5.91 Å². The van der Waals surface area contributed by atoms with E-state index in [9.17, 15) is 4.79 Å². The molecule has 1 aromatic heterocycles. The molecule has 146 valence electrons. The van der Waals surface area contributed by atoms with Gasteiger partial charge in [-0.25, -0.2) is 4.98 Å². The predicted octanol–water partition coefficient (Wildman–Crippen LogP) is 2.52. The van der Waals surface area contributed by atoms with Crippen LogP contribution >= 0.6 is 0 Å². The SMILES string of the molecule is COc1ccc(OC)c(CCC(=O)Nc2ccc(-c3n[nH]c(CN)n3)cc2)c1. The molecule has 8 heteroatoms. The summed E-state index contributed by atoms with van der Waals surface area (Å²) in [6.45, 7) is 0.305. The minimum absolute atomic E-state index is 0.0825. The molecule has 8 nitrogen and oxygen atoms in total. The van der Waals surface area contributed by atoms with E-state index in [0.717, 1.165) is 22.6 Å². The molecule has 0 aliphatic heterocycles. The Morgan fingerprint density at radius 1 is 1.14 bits per heavy atom. The van der Waals surface area contributed by atoms with E-state index in [4.69, 9.17) is 15.2 Å². The Bertz CT molecular complexity index is 937. The van der Waals surface area contributed by atoms with E-state index in [-0.39, 0.29) is 5.91 Å². The predicted molar refractivity (Wildman–Crippen MR) is 106 cm³/mol. The van der Waals surface area contributed by atoms with Gasteiger partial charge in [-0.3, -0.25) is 9.89 Å². The van der Waals surface area contributed by atoms with E-state index in [2.05, 4.69) is 20.5 Å². The normalized spacial score (nSPS) is 10.5. The van der Waals surface area contributed by atoms with Crippen molar-refractivity contribution >= 4 is 11.6 Å². The second-order valence-corrected chi connectivity index (χ2v) is 6.11. The Balaban J connectivity index is 1.59. The number of hydrogen-bond donors (Lipinski definition) is 3. The van der Waals surface area contributed by atoms with E-state index in [1.165, 1.54) is 0 Å². The summed E-state index contributed by atoms with van der Waals surface area (Å²) in [6, 6.07) is 12.9. The van der Waals surface area contributed by atoms with Gasteiger partial charge in [0.05, 0.1) is 20.8 Å². The van der Waals surface area contributed by atoms with E-state index in [1.54, 1.807) is 14.2 Å². The van der Waals surface area contributed by atoms with Crippen LogP contribution in [0.25, 0.3) is 11.4 Å². The van der Waals surface area contributed by atoms with Crippen molar-refractivity contribution in [1.29, 1.82) is 0 Å². The summed E-state index contributed by atoms with van der Waals surface area (Å²) in [4.78, 5) is 16.6. The van der Waals surface area contributed by atoms with E-state index in [1.807, 2.05) is 42.5 Å². The van der Waals surface area contributed by atoms with Crippen molar-refractivity contribution in [2.45, 2.75) is 19.4 Å². The molecule has 4 N–H and O–H groups in total. The molecular formula is C20H23N5O3. The molecule has 1 heterocycles. The van der Waals surface area contributed by atoms with Gasteiger partial charge in [-0.2, -0.15) is 5.10 Å². The van der Waals surface area contributed by atoms with E-state index in [0.29, 0.717) is 36.7 Å². The average Bonchev–Trinajstić information content (AvgIpc) is 3.22. The van der Waals surface area contributed by atoms with E-state index >= 15 is 0 Å². The number of aromatic amines is 1. The first-order chi connectivity index (χ1) is 13.6. The number of methoxy groups -OCH3 is 2. The molecule has 0 unspecified atom stereocenters. The second-order valence-electron chi connectivity index (χ2n) is 6.11. The molecule has 0 saturated carbocycles. The summed E-state index contributed by atoms with van der Waals surface area (Å²) in [5.74, 6) is 2.59. The fourth-order valence-electron chi connectivity index (χ4n) is 2.77. The minimum Gasteiger partial charge on any atom is -0.497 e. The van der Waals surface area contributed by atoms with Crippen molar-refractivity contribution in [3.8, 4) is 22.9 Å². The zero-order chi connectivity index (χ0) is 19.9. The van der Waals surface area contributed by atoms with Gasteiger partial charge in [-0.15, -0.1) is 0 Å². The van der Waals surface area contributed by atoms with Crippen molar-refractivity contribution in [2.24, 2.45) is 5.73 Å². The second kappa shape index (κ2) is 9.01. The topological polar surface area (TPSA) is 115 Å². The Morgan fingerprint density at radius 3 is 2.57 bits per heavy atom. The lowest BCUT2D eigenvalue weighted by molar-refractivity contribution is -0.116. The van der Waals surface area contributed by atoms with Crippen LogP contribution in [0.15, 0.2) is 42.5 Å². The highest BCUT2D eigenvalue weighted by Gasteiger charge is 2.10.